The van der Waals surface area contributed by atoms with Crippen LogP contribution in [0.3, 0.4) is 0 Å². The van der Waals surface area contributed by atoms with Gasteiger partial charge in [0.15, 0.2) is 0 Å². The van der Waals surface area contributed by atoms with Gasteiger partial charge >= 0.3 is 5.97 Å². The minimum absolute atomic E-state index is 0.186. The molecular formula is C16H22NO2. The first-order chi connectivity index (χ1) is 9.27. The third-order valence-electron chi connectivity index (χ3n) is 3.85. The molecule has 1 fully saturated rings. The summed E-state index contributed by atoms with van der Waals surface area (Å²) in [7, 11) is 0. The fourth-order valence-electron chi connectivity index (χ4n) is 2.66. The van der Waals surface area contributed by atoms with E-state index in [9.17, 15) is 4.79 Å². The number of hydrogen-bond acceptors (Lipinski definition) is 2. The second-order valence-corrected chi connectivity index (χ2v) is 5.32. The molecule has 0 spiro atoms. The van der Waals surface area contributed by atoms with Gasteiger partial charge in [-0.1, -0.05) is 56.0 Å². The molecule has 0 amide bonds. The molecule has 1 unspecified atom stereocenters. The molecule has 1 aromatic rings. The minimum Gasteiger partial charge on any atom is -0.460 e. The summed E-state index contributed by atoms with van der Waals surface area (Å²) in [6, 6.07) is 8.93. The van der Waals surface area contributed by atoms with Gasteiger partial charge in [0.2, 0.25) is 0 Å². The van der Waals surface area contributed by atoms with Crippen LogP contribution in [0.4, 0.5) is 0 Å². The van der Waals surface area contributed by atoms with Crippen molar-refractivity contribution in [3.63, 3.8) is 0 Å². The lowest BCUT2D eigenvalue weighted by molar-refractivity contribution is -0.148. The van der Waals surface area contributed by atoms with Crippen LogP contribution >= 0.6 is 0 Å². The van der Waals surface area contributed by atoms with Gasteiger partial charge in [0, 0.05) is 0 Å². The van der Waals surface area contributed by atoms with E-state index in [1.165, 1.54) is 12.8 Å². The summed E-state index contributed by atoms with van der Waals surface area (Å²) in [6.07, 6.45) is 6.76. The SMILES string of the molecule is [NH]C(C(=O)OCc1ccccc1)C1CCCCCC1. The topological polar surface area (TPSA) is 50.1 Å². The Kier molecular flexibility index (Phi) is 5.40. The van der Waals surface area contributed by atoms with Crippen molar-refractivity contribution in [3.8, 4) is 0 Å². The highest BCUT2D eigenvalue weighted by Gasteiger charge is 2.27. The van der Waals surface area contributed by atoms with E-state index < -0.39 is 6.04 Å². The monoisotopic (exact) mass is 260 g/mol. The van der Waals surface area contributed by atoms with Crippen molar-refractivity contribution in [2.75, 3.05) is 0 Å². The van der Waals surface area contributed by atoms with Crippen LogP contribution < -0.4 is 5.73 Å². The summed E-state index contributed by atoms with van der Waals surface area (Å²) < 4.78 is 5.26. The first kappa shape index (κ1) is 14.1. The zero-order valence-electron chi connectivity index (χ0n) is 11.3. The van der Waals surface area contributed by atoms with E-state index in [1.54, 1.807) is 0 Å². The molecule has 0 aliphatic heterocycles. The van der Waals surface area contributed by atoms with E-state index in [1.807, 2.05) is 30.3 Å². The average Bonchev–Trinajstić information content (AvgIpc) is 2.74. The Morgan fingerprint density at radius 1 is 1.16 bits per heavy atom. The van der Waals surface area contributed by atoms with Gasteiger partial charge in [-0.05, 0) is 24.3 Å². The van der Waals surface area contributed by atoms with Crippen molar-refractivity contribution in [2.24, 2.45) is 5.92 Å². The highest BCUT2D eigenvalue weighted by atomic mass is 16.5. The lowest BCUT2D eigenvalue weighted by Crippen LogP contribution is -2.32. The number of ether oxygens (including phenoxy) is 1. The average molecular weight is 260 g/mol. The number of hydrogen-bond donors (Lipinski definition) is 0. The van der Waals surface area contributed by atoms with Crippen molar-refractivity contribution in [2.45, 2.75) is 51.2 Å². The molecule has 3 heteroatoms. The summed E-state index contributed by atoms with van der Waals surface area (Å²) in [6.45, 7) is 0.280. The van der Waals surface area contributed by atoms with Crippen LogP contribution in [0.15, 0.2) is 30.3 Å². The number of carbonyl (C=O) groups excluding carboxylic acids is 1. The zero-order valence-corrected chi connectivity index (χ0v) is 11.3. The number of carbonyl (C=O) groups is 1. The Balaban J connectivity index is 1.81. The van der Waals surface area contributed by atoms with Crippen LogP contribution in [-0.4, -0.2) is 12.0 Å². The van der Waals surface area contributed by atoms with Crippen LogP contribution in [0.5, 0.6) is 0 Å². The van der Waals surface area contributed by atoms with Gasteiger partial charge in [-0.15, -0.1) is 0 Å². The predicted molar refractivity (Wildman–Crippen MR) is 74.3 cm³/mol. The van der Waals surface area contributed by atoms with Gasteiger partial charge < -0.3 is 4.74 Å². The lowest BCUT2D eigenvalue weighted by Gasteiger charge is -2.19. The molecular weight excluding hydrogens is 238 g/mol. The molecule has 1 saturated carbocycles. The quantitative estimate of drug-likeness (QED) is 0.615. The van der Waals surface area contributed by atoms with E-state index in [-0.39, 0.29) is 18.5 Å². The van der Waals surface area contributed by atoms with Crippen LogP contribution in [0.25, 0.3) is 0 Å². The number of esters is 1. The number of nitrogens with one attached hydrogen (secondary N) is 1. The predicted octanol–water partition coefficient (Wildman–Crippen LogP) is 3.35. The van der Waals surface area contributed by atoms with Gasteiger partial charge in [-0.2, -0.15) is 0 Å². The third-order valence-corrected chi connectivity index (χ3v) is 3.85. The molecule has 1 aliphatic carbocycles. The fraction of sp³-hybridized carbons (Fsp3) is 0.562. The Hall–Kier alpha value is -1.35. The Morgan fingerprint density at radius 3 is 2.42 bits per heavy atom. The molecule has 0 saturated heterocycles. The maximum Gasteiger partial charge on any atom is 0.325 e. The van der Waals surface area contributed by atoms with Gasteiger partial charge in [-0.3, -0.25) is 4.79 Å². The molecule has 1 aliphatic rings. The summed E-state index contributed by atoms with van der Waals surface area (Å²) in [5, 5.41) is 0. The van der Waals surface area contributed by atoms with E-state index in [4.69, 9.17) is 10.5 Å². The molecule has 1 atom stereocenters. The van der Waals surface area contributed by atoms with E-state index in [0.717, 1.165) is 31.2 Å². The molecule has 0 heterocycles. The molecule has 19 heavy (non-hydrogen) atoms. The van der Waals surface area contributed by atoms with Gasteiger partial charge in [0.1, 0.15) is 12.6 Å². The maximum absolute atomic E-state index is 11.9. The summed E-state index contributed by atoms with van der Waals surface area (Å²) in [5.41, 5.74) is 9.04. The van der Waals surface area contributed by atoms with Crippen molar-refractivity contribution in [3.05, 3.63) is 35.9 Å². The second-order valence-electron chi connectivity index (χ2n) is 5.32. The standard InChI is InChI=1S/C16H22NO2/c17-15(14-10-6-1-2-7-11-14)16(18)19-12-13-8-4-3-5-9-13/h3-5,8-9,14-15,17H,1-2,6-7,10-12H2. The molecule has 1 N–H and O–H groups in total. The van der Waals surface area contributed by atoms with Crippen molar-refractivity contribution in [1.82, 2.24) is 5.73 Å². The minimum atomic E-state index is -0.707. The van der Waals surface area contributed by atoms with Crippen LogP contribution in [0, 0.1) is 5.92 Å². The smallest absolute Gasteiger partial charge is 0.325 e. The second kappa shape index (κ2) is 7.29. The van der Waals surface area contributed by atoms with Gasteiger partial charge in [0.25, 0.3) is 0 Å². The van der Waals surface area contributed by atoms with E-state index in [0.29, 0.717) is 0 Å². The highest BCUT2D eigenvalue weighted by Crippen LogP contribution is 2.25. The van der Waals surface area contributed by atoms with Crippen LogP contribution in [-0.2, 0) is 16.1 Å². The zero-order chi connectivity index (χ0) is 13.5. The Bertz CT molecular complexity index is 383. The normalized spacial score (nSPS) is 18.6. The number of benzene rings is 1. The third kappa shape index (κ3) is 4.35. The number of rotatable bonds is 4. The first-order valence-electron chi connectivity index (χ1n) is 7.19. The summed E-state index contributed by atoms with van der Waals surface area (Å²) >= 11 is 0. The van der Waals surface area contributed by atoms with Crippen molar-refractivity contribution in [1.29, 1.82) is 0 Å². The molecule has 3 nitrogen and oxygen atoms in total. The van der Waals surface area contributed by atoms with Gasteiger partial charge in [0.05, 0.1) is 0 Å². The van der Waals surface area contributed by atoms with Crippen LogP contribution in [0.2, 0.25) is 0 Å². The molecule has 2 rings (SSSR count). The summed E-state index contributed by atoms with van der Waals surface area (Å²) in [5.74, 6) is -0.179. The maximum atomic E-state index is 11.9. The Morgan fingerprint density at radius 2 is 1.79 bits per heavy atom. The molecule has 0 bridgehead atoms. The Labute approximate surface area is 115 Å². The molecule has 103 valence electrons. The molecule has 1 radical (unpaired) electrons. The van der Waals surface area contributed by atoms with Crippen molar-refractivity contribution < 1.29 is 9.53 Å². The van der Waals surface area contributed by atoms with Gasteiger partial charge in [-0.25, -0.2) is 5.73 Å². The first-order valence-corrected chi connectivity index (χ1v) is 7.19. The van der Waals surface area contributed by atoms with Crippen molar-refractivity contribution >= 4 is 5.97 Å². The highest BCUT2D eigenvalue weighted by molar-refractivity contribution is 5.75. The lowest BCUT2D eigenvalue weighted by atomic mass is 9.92. The van der Waals surface area contributed by atoms with Crippen LogP contribution in [0.1, 0.15) is 44.1 Å². The largest absolute Gasteiger partial charge is 0.460 e. The summed E-state index contributed by atoms with van der Waals surface area (Å²) in [4.78, 5) is 11.9. The molecule has 1 aromatic carbocycles. The van der Waals surface area contributed by atoms with E-state index >= 15 is 0 Å². The van der Waals surface area contributed by atoms with E-state index in [2.05, 4.69) is 0 Å². The molecule has 0 aromatic heterocycles. The fourth-order valence-corrected chi connectivity index (χ4v) is 2.66.